The van der Waals surface area contributed by atoms with E-state index in [9.17, 15) is 4.79 Å². The van der Waals surface area contributed by atoms with E-state index >= 15 is 0 Å². The van der Waals surface area contributed by atoms with E-state index in [-0.39, 0.29) is 11.4 Å². The third-order valence-electron chi connectivity index (χ3n) is 3.46. The lowest BCUT2D eigenvalue weighted by Crippen LogP contribution is -2.32. The Morgan fingerprint density at radius 3 is 2.31 bits per heavy atom. The number of rotatable bonds is 7. The van der Waals surface area contributed by atoms with E-state index in [1.165, 1.54) is 11.9 Å². The third kappa shape index (κ3) is 9.11. The maximum atomic E-state index is 12.1. The summed E-state index contributed by atoms with van der Waals surface area (Å²) in [4.78, 5) is 16.3. The lowest BCUT2D eigenvalue weighted by molar-refractivity contribution is 0.242. The Morgan fingerprint density at radius 2 is 1.72 bits per heavy atom. The van der Waals surface area contributed by atoms with Gasteiger partial charge in [0, 0.05) is 22.5 Å². The molecule has 29 heavy (non-hydrogen) atoms. The molecule has 0 saturated carbocycles. The quantitative estimate of drug-likeness (QED) is 0.307. The summed E-state index contributed by atoms with van der Waals surface area (Å²) in [5, 5.41) is 7.25. The highest BCUT2D eigenvalue weighted by molar-refractivity contribution is 7.98. The number of nitrogens with one attached hydrogen (secondary N) is 3. The second kappa shape index (κ2) is 11.6. The van der Waals surface area contributed by atoms with Gasteiger partial charge in [-0.3, -0.25) is 4.72 Å². The molecule has 2 aromatic rings. The van der Waals surface area contributed by atoms with Crippen LogP contribution in [0.3, 0.4) is 0 Å². The van der Waals surface area contributed by atoms with E-state index in [2.05, 4.69) is 20.3 Å². The number of hydrogen-bond donors (Lipinski definition) is 3. The van der Waals surface area contributed by atoms with Crippen molar-refractivity contribution in [3.8, 4) is 5.75 Å². The lowest BCUT2D eigenvalue weighted by atomic mass is 10.2. The molecule has 0 fully saturated rings. The lowest BCUT2D eigenvalue weighted by Gasteiger charge is -2.14. The first-order chi connectivity index (χ1) is 13.8. The zero-order valence-corrected chi connectivity index (χ0v) is 18.6. The number of halogens is 1. The van der Waals surface area contributed by atoms with Crippen LogP contribution in [0, 0.1) is 0 Å². The minimum atomic E-state index is -0.436. The van der Waals surface area contributed by atoms with Crippen molar-refractivity contribution < 1.29 is 9.53 Å². The van der Waals surface area contributed by atoms with Crippen LogP contribution in [0.4, 0.5) is 10.5 Å². The van der Waals surface area contributed by atoms with Crippen LogP contribution in [0.25, 0.3) is 0 Å². The van der Waals surface area contributed by atoms with E-state index in [0.717, 1.165) is 17.0 Å². The highest BCUT2D eigenvalue weighted by atomic mass is 35.5. The van der Waals surface area contributed by atoms with Crippen LogP contribution in [0.5, 0.6) is 5.75 Å². The molecular weight excluding hydrogens is 408 g/mol. The summed E-state index contributed by atoms with van der Waals surface area (Å²) in [6, 6.07) is 14.5. The second-order valence-electron chi connectivity index (χ2n) is 6.83. The first-order valence-corrected chi connectivity index (χ1v) is 10.6. The van der Waals surface area contributed by atoms with Gasteiger partial charge in [0.2, 0.25) is 5.96 Å². The van der Waals surface area contributed by atoms with Crippen LogP contribution in [-0.2, 0) is 6.54 Å². The van der Waals surface area contributed by atoms with Crippen molar-refractivity contribution in [2.24, 2.45) is 4.99 Å². The minimum absolute atomic E-state index is 0.106. The molecule has 6 nitrogen and oxygen atoms in total. The fourth-order valence-corrected chi connectivity index (χ4v) is 2.73. The number of aliphatic imine (C=N–C) groups is 1. The van der Waals surface area contributed by atoms with Crippen LogP contribution in [0.1, 0.15) is 33.3 Å². The Hall–Kier alpha value is -2.38. The summed E-state index contributed by atoms with van der Waals surface area (Å²) < 4.78 is 8.36. The van der Waals surface area contributed by atoms with Crippen LogP contribution in [0.15, 0.2) is 53.5 Å². The van der Waals surface area contributed by atoms with Crippen LogP contribution in [0.2, 0.25) is 5.02 Å². The van der Waals surface area contributed by atoms with Gasteiger partial charge in [-0.2, -0.15) is 4.99 Å². The fourth-order valence-electron chi connectivity index (χ4n) is 2.22. The molecule has 0 spiro atoms. The number of carbonyl (C=O) groups is 1. The van der Waals surface area contributed by atoms with Gasteiger partial charge in [-0.25, -0.2) is 4.79 Å². The number of benzene rings is 2. The first-order valence-electron chi connectivity index (χ1n) is 9.38. The first kappa shape index (κ1) is 22.9. The van der Waals surface area contributed by atoms with E-state index in [1.807, 2.05) is 76.2 Å². The van der Waals surface area contributed by atoms with Gasteiger partial charge in [-0.05, 0) is 67.8 Å². The standard InChI is InChI=1S/C21H27ClN4O2S/c1-14(2)28-19-11-9-18(10-12-19)24-20(25-21(27)26-29-15(3)4)23-13-16-5-7-17(22)8-6-16/h5-12,14-15H,13H2,1-4H3,(H3,23,24,25,26,27). The molecule has 0 bridgehead atoms. The average Bonchev–Trinajstić information content (AvgIpc) is 2.67. The molecule has 0 atom stereocenters. The number of guanidine groups is 1. The van der Waals surface area contributed by atoms with Crippen LogP contribution in [-0.4, -0.2) is 23.3 Å². The molecule has 3 N–H and O–H groups in total. The predicted octanol–water partition coefficient (Wildman–Crippen LogP) is 5.45. The van der Waals surface area contributed by atoms with Crippen molar-refractivity contribution in [2.75, 3.05) is 5.32 Å². The zero-order valence-electron chi connectivity index (χ0n) is 17.0. The Morgan fingerprint density at radius 1 is 1.07 bits per heavy atom. The Kier molecular flexibility index (Phi) is 9.15. The molecule has 8 heteroatoms. The molecule has 2 aromatic carbocycles. The Labute approximate surface area is 181 Å². The molecule has 2 amide bonds. The number of ether oxygens (including phenoxy) is 1. The minimum Gasteiger partial charge on any atom is -0.491 e. The number of hydrogen-bond acceptors (Lipinski definition) is 3. The van der Waals surface area contributed by atoms with Gasteiger partial charge in [-0.15, -0.1) is 0 Å². The normalized spacial score (nSPS) is 11.5. The topological polar surface area (TPSA) is 74.8 Å². The SMILES string of the molecule is CC(C)Oc1ccc(N/C(=N/C(=O)NSC(C)C)NCc2ccc(Cl)cc2)cc1. The van der Waals surface area contributed by atoms with Crippen molar-refractivity contribution >= 4 is 41.2 Å². The van der Waals surface area contributed by atoms with Crippen molar-refractivity contribution in [2.45, 2.75) is 45.6 Å². The van der Waals surface area contributed by atoms with Gasteiger partial charge in [0.05, 0.1) is 6.10 Å². The van der Waals surface area contributed by atoms with Crippen LogP contribution < -0.4 is 20.1 Å². The molecule has 0 aliphatic heterocycles. The number of urea groups is 1. The van der Waals surface area contributed by atoms with E-state index < -0.39 is 6.03 Å². The van der Waals surface area contributed by atoms with Gasteiger partial charge in [0.15, 0.2) is 0 Å². The molecule has 0 heterocycles. The van der Waals surface area contributed by atoms with E-state index in [4.69, 9.17) is 16.3 Å². The maximum Gasteiger partial charge on any atom is 0.354 e. The predicted molar refractivity (Wildman–Crippen MR) is 123 cm³/mol. The Bertz CT molecular complexity index is 808. The van der Waals surface area contributed by atoms with Crippen molar-refractivity contribution in [1.29, 1.82) is 0 Å². The number of amides is 2. The average molecular weight is 435 g/mol. The maximum absolute atomic E-state index is 12.1. The highest BCUT2D eigenvalue weighted by Crippen LogP contribution is 2.17. The van der Waals surface area contributed by atoms with Gasteiger partial charge in [0.1, 0.15) is 5.75 Å². The smallest absolute Gasteiger partial charge is 0.354 e. The van der Waals surface area contributed by atoms with E-state index in [1.54, 1.807) is 0 Å². The number of anilines is 1. The Balaban J connectivity index is 2.08. The molecule has 0 aliphatic rings. The van der Waals surface area contributed by atoms with Crippen LogP contribution >= 0.6 is 23.5 Å². The fraction of sp³-hybridized carbons (Fsp3) is 0.333. The van der Waals surface area contributed by atoms with Gasteiger partial charge in [-0.1, -0.05) is 37.6 Å². The van der Waals surface area contributed by atoms with E-state index in [0.29, 0.717) is 17.5 Å². The molecule has 156 valence electrons. The summed E-state index contributed by atoms with van der Waals surface area (Å²) in [5.74, 6) is 1.13. The third-order valence-corrected chi connectivity index (χ3v) is 4.47. The van der Waals surface area contributed by atoms with Crippen molar-refractivity contribution in [1.82, 2.24) is 10.0 Å². The van der Waals surface area contributed by atoms with Gasteiger partial charge in [0.25, 0.3) is 0 Å². The summed E-state index contributed by atoms with van der Waals surface area (Å²) in [6.07, 6.45) is 0.106. The van der Waals surface area contributed by atoms with Crippen molar-refractivity contribution in [3.05, 3.63) is 59.1 Å². The molecule has 0 aromatic heterocycles. The molecule has 0 saturated heterocycles. The summed E-state index contributed by atoms with van der Waals surface area (Å²) in [7, 11) is 0. The summed E-state index contributed by atoms with van der Waals surface area (Å²) in [6.45, 7) is 8.43. The number of carbonyl (C=O) groups excluding carboxylic acids is 1. The molecular formula is C21H27ClN4O2S. The summed E-state index contributed by atoms with van der Waals surface area (Å²) >= 11 is 7.25. The molecule has 2 rings (SSSR count). The molecule has 0 unspecified atom stereocenters. The van der Waals surface area contributed by atoms with Gasteiger partial charge < -0.3 is 15.4 Å². The largest absolute Gasteiger partial charge is 0.491 e. The van der Waals surface area contributed by atoms with Gasteiger partial charge >= 0.3 is 6.03 Å². The number of nitrogens with zero attached hydrogens (tertiary/aromatic N) is 1. The highest BCUT2D eigenvalue weighted by Gasteiger charge is 2.07. The monoisotopic (exact) mass is 434 g/mol. The van der Waals surface area contributed by atoms with Crippen molar-refractivity contribution in [3.63, 3.8) is 0 Å². The molecule has 0 radical (unpaired) electrons. The molecule has 0 aliphatic carbocycles. The second-order valence-corrected chi connectivity index (χ2v) is 8.65. The summed E-state index contributed by atoms with van der Waals surface area (Å²) in [5.41, 5.74) is 1.80. The zero-order chi connectivity index (χ0) is 21.2.